The minimum atomic E-state index is -0.903. The zero-order valence-electron chi connectivity index (χ0n) is 18.3. The molecule has 0 aromatic heterocycles. The lowest BCUT2D eigenvalue weighted by Gasteiger charge is -2.31. The largest absolute Gasteiger partial charge is 0.508 e. The van der Waals surface area contributed by atoms with Crippen LogP contribution in [0, 0.1) is 0 Å². The Labute approximate surface area is 181 Å². The summed E-state index contributed by atoms with van der Waals surface area (Å²) in [4.78, 5) is 26.1. The van der Waals surface area contributed by atoms with Crippen molar-refractivity contribution in [3.63, 3.8) is 0 Å². The molecule has 6 nitrogen and oxygen atoms in total. The summed E-state index contributed by atoms with van der Waals surface area (Å²) in [5, 5.41) is 20.6. The average Bonchev–Trinajstić information content (AvgIpc) is 2.71. The van der Waals surface area contributed by atoms with E-state index in [1.807, 2.05) is 39.8 Å². The van der Waals surface area contributed by atoms with E-state index in [0.29, 0.717) is 23.3 Å². The smallest absolute Gasteiger partial charge is 0.241 e. The van der Waals surface area contributed by atoms with Gasteiger partial charge in [0.2, 0.25) is 11.6 Å². The Balaban J connectivity index is 2.23. The monoisotopic (exact) mass is 422 g/mol. The fourth-order valence-electron chi connectivity index (χ4n) is 3.39. The third kappa shape index (κ3) is 4.33. The maximum absolute atomic E-state index is 13.2. The lowest BCUT2D eigenvalue weighted by atomic mass is 9.90. The highest BCUT2D eigenvalue weighted by atomic mass is 16.5. The van der Waals surface area contributed by atoms with E-state index < -0.39 is 17.2 Å². The first kappa shape index (κ1) is 22.2. The van der Waals surface area contributed by atoms with Gasteiger partial charge in [-0.2, -0.15) is 0 Å². The van der Waals surface area contributed by atoms with Crippen molar-refractivity contribution in [2.75, 3.05) is 7.11 Å². The van der Waals surface area contributed by atoms with Gasteiger partial charge in [-0.25, -0.2) is 0 Å². The van der Waals surface area contributed by atoms with Crippen molar-refractivity contribution in [1.82, 2.24) is 0 Å². The molecule has 0 unspecified atom stereocenters. The number of hydrogen-bond donors (Lipinski definition) is 2. The number of hydrogen-bond acceptors (Lipinski definition) is 6. The van der Waals surface area contributed by atoms with Gasteiger partial charge in [-0.1, -0.05) is 11.6 Å². The first-order valence-electron chi connectivity index (χ1n) is 9.91. The van der Waals surface area contributed by atoms with Crippen molar-refractivity contribution in [1.29, 1.82) is 0 Å². The van der Waals surface area contributed by atoms with E-state index in [9.17, 15) is 19.8 Å². The highest BCUT2D eigenvalue weighted by Gasteiger charge is 2.35. The van der Waals surface area contributed by atoms with E-state index in [1.165, 1.54) is 31.4 Å². The second-order valence-corrected chi connectivity index (χ2v) is 8.21. The van der Waals surface area contributed by atoms with Gasteiger partial charge in [0, 0.05) is 11.1 Å². The van der Waals surface area contributed by atoms with Crippen molar-refractivity contribution >= 4 is 17.6 Å². The highest BCUT2D eigenvalue weighted by molar-refractivity contribution is 6.50. The number of carbonyl (C=O) groups excluding carboxylic acids is 2. The summed E-state index contributed by atoms with van der Waals surface area (Å²) in [5.74, 6) is -1.57. The van der Waals surface area contributed by atoms with Crippen molar-refractivity contribution in [3.05, 3.63) is 64.2 Å². The van der Waals surface area contributed by atoms with E-state index >= 15 is 0 Å². The van der Waals surface area contributed by atoms with Crippen LogP contribution in [0.2, 0.25) is 0 Å². The second kappa shape index (κ2) is 8.30. The molecule has 2 N–H and O–H groups in total. The van der Waals surface area contributed by atoms with Crippen LogP contribution in [0.1, 0.15) is 59.5 Å². The van der Waals surface area contributed by atoms with Crippen molar-refractivity contribution in [3.8, 4) is 23.0 Å². The summed E-state index contributed by atoms with van der Waals surface area (Å²) in [6.07, 6.45) is 5.84. The third-order valence-electron chi connectivity index (χ3n) is 5.01. The van der Waals surface area contributed by atoms with E-state index in [2.05, 4.69) is 0 Å². The number of phenolic OH excluding ortho intramolecular Hbond substituents is 2. The molecular formula is C25H26O6. The lowest BCUT2D eigenvalue weighted by molar-refractivity contribution is 0.0812. The first-order valence-corrected chi connectivity index (χ1v) is 9.91. The predicted octanol–water partition coefficient (Wildman–Crippen LogP) is 4.86. The molecule has 0 spiro atoms. The van der Waals surface area contributed by atoms with Gasteiger partial charge in [0.05, 0.1) is 12.7 Å². The second-order valence-electron chi connectivity index (χ2n) is 8.21. The number of carbonyl (C=O) groups is 2. The minimum Gasteiger partial charge on any atom is -0.508 e. The van der Waals surface area contributed by atoms with Gasteiger partial charge in [0.1, 0.15) is 34.2 Å². The molecule has 31 heavy (non-hydrogen) atoms. The Bertz CT molecular complexity index is 1100. The Kier molecular flexibility index (Phi) is 5.93. The molecule has 0 fully saturated rings. The molecule has 3 rings (SSSR count). The normalized spacial score (nSPS) is 13.7. The van der Waals surface area contributed by atoms with Crippen molar-refractivity contribution in [2.45, 2.75) is 39.7 Å². The van der Waals surface area contributed by atoms with Crippen LogP contribution in [0.5, 0.6) is 23.0 Å². The van der Waals surface area contributed by atoms with Crippen LogP contribution in [0.25, 0.3) is 6.08 Å². The summed E-state index contributed by atoms with van der Waals surface area (Å²) < 4.78 is 11.6. The molecule has 162 valence electrons. The van der Waals surface area contributed by atoms with Gasteiger partial charge in [-0.15, -0.1) is 0 Å². The molecule has 0 atom stereocenters. The van der Waals surface area contributed by atoms with Crippen molar-refractivity contribution in [2.24, 2.45) is 0 Å². The van der Waals surface area contributed by atoms with Gasteiger partial charge in [-0.3, -0.25) is 9.59 Å². The van der Waals surface area contributed by atoms with Crippen LogP contribution in [0.4, 0.5) is 0 Å². The predicted molar refractivity (Wildman–Crippen MR) is 118 cm³/mol. The number of methoxy groups -OCH3 is 1. The summed E-state index contributed by atoms with van der Waals surface area (Å²) in [6, 6.07) is 5.35. The van der Waals surface area contributed by atoms with E-state index in [-0.39, 0.29) is 28.4 Å². The maximum Gasteiger partial charge on any atom is 0.241 e. The summed E-state index contributed by atoms with van der Waals surface area (Å²) in [7, 11) is 1.38. The topological polar surface area (TPSA) is 93.1 Å². The fourth-order valence-corrected chi connectivity index (χ4v) is 3.39. The molecule has 0 saturated carbocycles. The van der Waals surface area contributed by atoms with Gasteiger partial charge in [0.25, 0.3) is 0 Å². The molecule has 0 saturated heterocycles. The number of allylic oxidation sites excluding steroid dienone is 2. The number of Topliss-reactive ketones (excluding diaryl/α,β-unsaturated/α-hetero) is 2. The minimum absolute atomic E-state index is 0.0212. The quantitative estimate of drug-likeness (QED) is 0.392. The number of benzene rings is 2. The molecule has 0 bridgehead atoms. The number of ketones is 2. The zero-order chi connectivity index (χ0) is 22.9. The van der Waals surface area contributed by atoms with Gasteiger partial charge in [-0.05, 0) is 70.5 Å². The van der Waals surface area contributed by atoms with Gasteiger partial charge < -0.3 is 19.7 Å². The first-order chi connectivity index (χ1) is 14.6. The molecule has 0 aliphatic carbocycles. The standard InChI is InChI=1S/C25H26O6/c1-14(2)6-11-17-21(28)19(22(29)20(27)15-7-9-16(26)10-8-15)24(30-5)18-12-13-25(3,4)31-23(17)18/h6-10,12-13,26,28H,11H2,1-5H3. The van der Waals surface area contributed by atoms with Crippen LogP contribution in [-0.4, -0.2) is 34.5 Å². The van der Waals surface area contributed by atoms with Crippen LogP contribution in [0.15, 0.2) is 42.0 Å². The maximum atomic E-state index is 13.2. The molecule has 6 heteroatoms. The number of phenols is 2. The Morgan fingerprint density at radius 2 is 1.74 bits per heavy atom. The zero-order valence-corrected chi connectivity index (χ0v) is 18.3. The molecule has 0 radical (unpaired) electrons. The molecule has 1 heterocycles. The van der Waals surface area contributed by atoms with Crippen LogP contribution >= 0.6 is 0 Å². The highest BCUT2D eigenvalue weighted by Crippen LogP contribution is 2.48. The van der Waals surface area contributed by atoms with Crippen LogP contribution in [-0.2, 0) is 6.42 Å². The average molecular weight is 422 g/mol. The number of fused-ring (bicyclic) bond motifs is 1. The molecule has 0 amide bonds. The number of rotatable bonds is 6. The molecule has 2 aromatic carbocycles. The van der Waals surface area contributed by atoms with Gasteiger partial charge in [0.15, 0.2) is 0 Å². The Hall–Kier alpha value is -3.54. The van der Waals surface area contributed by atoms with Gasteiger partial charge >= 0.3 is 0 Å². The van der Waals surface area contributed by atoms with E-state index in [4.69, 9.17) is 9.47 Å². The SMILES string of the molecule is COc1c2c(c(CC=C(C)C)c(O)c1C(=O)C(=O)c1ccc(O)cc1)OC(C)(C)C=C2. The molecule has 1 aliphatic heterocycles. The summed E-state index contributed by atoms with van der Waals surface area (Å²) in [5.41, 5.74) is 1.22. The van der Waals surface area contributed by atoms with Crippen molar-refractivity contribution < 1.29 is 29.3 Å². The molecular weight excluding hydrogens is 396 g/mol. The van der Waals surface area contributed by atoms with Crippen LogP contribution in [0.3, 0.4) is 0 Å². The fraction of sp³-hybridized carbons (Fsp3) is 0.280. The summed E-state index contributed by atoms with van der Waals surface area (Å²) >= 11 is 0. The Morgan fingerprint density at radius 3 is 2.32 bits per heavy atom. The Morgan fingerprint density at radius 1 is 1.10 bits per heavy atom. The number of aromatic hydroxyl groups is 2. The number of ether oxygens (including phenoxy) is 2. The third-order valence-corrected chi connectivity index (χ3v) is 5.01. The van der Waals surface area contributed by atoms with Crippen LogP contribution < -0.4 is 9.47 Å². The van der Waals surface area contributed by atoms with E-state index in [0.717, 1.165) is 5.57 Å². The van der Waals surface area contributed by atoms with E-state index in [1.54, 1.807) is 6.08 Å². The molecule has 2 aromatic rings. The molecule has 1 aliphatic rings. The summed E-state index contributed by atoms with van der Waals surface area (Å²) in [6.45, 7) is 7.62. The lowest BCUT2D eigenvalue weighted by Crippen LogP contribution is -2.29.